The summed E-state index contributed by atoms with van der Waals surface area (Å²) in [5, 5.41) is 18.6. The average Bonchev–Trinajstić information content (AvgIpc) is 2.46. The molecule has 21 heavy (non-hydrogen) atoms. The molecular weight excluding hydrogens is 269 g/mol. The maximum Gasteiger partial charge on any atom is 0.140 e. The van der Waals surface area contributed by atoms with Gasteiger partial charge in [0.2, 0.25) is 0 Å². The van der Waals surface area contributed by atoms with E-state index in [1.54, 1.807) is 19.1 Å². The molecule has 0 bridgehead atoms. The van der Waals surface area contributed by atoms with Gasteiger partial charge in [0.05, 0.1) is 11.7 Å². The Bertz CT molecular complexity index is 690. The van der Waals surface area contributed by atoms with E-state index in [2.05, 4.69) is 0 Å². The minimum Gasteiger partial charge on any atom is -0.489 e. The van der Waals surface area contributed by atoms with E-state index in [9.17, 15) is 9.50 Å². The molecule has 108 valence electrons. The lowest BCUT2D eigenvalue weighted by molar-refractivity contribution is 0.190. The Balaban J connectivity index is 2.20. The Morgan fingerprint density at radius 3 is 2.71 bits per heavy atom. The van der Waals surface area contributed by atoms with Crippen LogP contribution in [0.25, 0.3) is 0 Å². The Morgan fingerprint density at radius 2 is 2.05 bits per heavy atom. The van der Waals surface area contributed by atoms with Crippen molar-refractivity contribution in [2.45, 2.75) is 26.6 Å². The Hall–Kier alpha value is -2.38. The number of aliphatic hydroxyl groups is 1. The van der Waals surface area contributed by atoms with E-state index in [-0.39, 0.29) is 12.2 Å². The van der Waals surface area contributed by atoms with Crippen molar-refractivity contribution in [3.05, 3.63) is 64.5 Å². The minimum atomic E-state index is -0.636. The Kier molecular flexibility index (Phi) is 4.56. The third kappa shape index (κ3) is 3.59. The normalized spacial score (nSPS) is 11.8. The number of nitriles is 1. The van der Waals surface area contributed by atoms with Crippen LogP contribution in [-0.4, -0.2) is 5.11 Å². The number of rotatable bonds is 4. The number of hydrogen-bond acceptors (Lipinski definition) is 3. The van der Waals surface area contributed by atoms with Gasteiger partial charge in [-0.3, -0.25) is 0 Å². The van der Waals surface area contributed by atoms with E-state index < -0.39 is 11.9 Å². The van der Waals surface area contributed by atoms with Crippen LogP contribution in [0.3, 0.4) is 0 Å². The van der Waals surface area contributed by atoms with Gasteiger partial charge in [0, 0.05) is 5.56 Å². The van der Waals surface area contributed by atoms with E-state index in [1.165, 1.54) is 12.1 Å². The summed E-state index contributed by atoms with van der Waals surface area (Å²) in [7, 11) is 0. The van der Waals surface area contributed by atoms with Crippen molar-refractivity contribution in [2.75, 3.05) is 0 Å². The van der Waals surface area contributed by atoms with Crippen molar-refractivity contribution in [1.29, 1.82) is 5.26 Å². The highest BCUT2D eigenvalue weighted by Gasteiger charge is 2.10. The van der Waals surface area contributed by atoms with Crippen molar-refractivity contribution >= 4 is 0 Å². The average molecular weight is 285 g/mol. The second kappa shape index (κ2) is 6.38. The van der Waals surface area contributed by atoms with Crippen LogP contribution in [0.15, 0.2) is 36.4 Å². The van der Waals surface area contributed by atoms with Crippen LogP contribution in [0.1, 0.15) is 35.3 Å². The van der Waals surface area contributed by atoms with Crippen molar-refractivity contribution in [2.24, 2.45) is 0 Å². The molecule has 0 amide bonds. The van der Waals surface area contributed by atoms with E-state index in [1.807, 2.05) is 25.1 Å². The number of ether oxygens (including phenoxy) is 1. The molecule has 0 heterocycles. The largest absolute Gasteiger partial charge is 0.489 e. The van der Waals surface area contributed by atoms with Gasteiger partial charge in [0.15, 0.2) is 0 Å². The quantitative estimate of drug-likeness (QED) is 0.933. The lowest BCUT2D eigenvalue weighted by Gasteiger charge is -2.14. The molecule has 3 nitrogen and oxygen atoms in total. The second-order valence-corrected chi connectivity index (χ2v) is 4.93. The Morgan fingerprint density at radius 1 is 1.29 bits per heavy atom. The molecule has 2 aromatic rings. The number of benzene rings is 2. The molecule has 0 fully saturated rings. The van der Waals surface area contributed by atoms with Gasteiger partial charge in [-0.05, 0) is 43.2 Å². The van der Waals surface area contributed by atoms with Gasteiger partial charge < -0.3 is 9.84 Å². The van der Waals surface area contributed by atoms with Gasteiger partial charge >= 0.3 is 0 Å². The molecule has 0 saturated carbocycles. The van der Waals surface area contributed by atoms with Gasteiger partial charge in [0.25, 0.3) is 0 Å². The predicted octanol–water partition coefficient (Wildman–Crippen LogP) is 3.64. The van der Waals surface area contributed by atoms with Crippen molar-refractivity contribution in [1.82, 2.24) is 0 Å². The van der Waals surface area contributed by atoms with Crippen LogP contribution < -0.4 is 4.74 Å². The van der Waals surface area contributed by atoms with Crippen LogP contribution >= 0.6 is 0 Å². The molecule has 4 heteroatoms. The molecule has 0 aliphatic carbocycles. The van der Waals surface area contributed by atoms with Gasteiger partial charge in [0.1, 0.15) is 24.2 Å². The molecule has 2 aromatic carbocycles. The van der Waals surface area contributed by atoms with Crippen LogP contribution in [0.2, 0.25) is 0 Å². The zero-order chi connectivity index (χ0) is 15.4. The SMILES string of the molecule is Cc1ccc([C@H](C)O)c(OCc2ccc(F)c(C#N)c2)c1. The third-order valence-corrected chi connectivity index (χ3v) is 3.16. The van der Waals surface area contributed by atoms with Crippen LogP contribution in [0, 0.1) is 24.1 Å². The third-order valence-electron chi connectivity index (χ3n) is 3.16. The number of aliphatic hydroxyl groups excluding tert-OH is 1. The fourth-order valence-corrected chi connectivity index (χ4v) is 2.02. The van der Waals surface area contributed by atoms with Gasteiger partial charge in [-0.25, -0.2) is 4.39 Å². The fraction of sp³-hybridized carbons (Fsp3) is 0.235. The fourth-order valence-electron chi connectivity index (χ4n) is 2.02. The Labute approximate surface area is 123 Å². The summed E-state index contributed by atoms with van der Waals surface area (Å²) in [6.07, 6.45) is -0.636. The number of nitrogens with zero attached hydrogens (tertiary/aromatic N) is 1. The van der Waals surface area contributed by atoms with Crippen LogP contribution in [0.4, 0.5) is 4.39 Å². The molecular formula is C17H16FNO2. The highest BCUT2D eigenvalue weighted by molar-refractivity contribution is 5.39. The van der Waals surface area contributed by atoms with E-state index in [0.717, 1.165) is 5.56 Å². The molecule has 0 aliphatic rings. The smallest absolute Gasteiger partial charge is 0.140 e. The molecule has 1 N–H and O–H groups in total. The van der Waals surface area contributed by atoms with Gasteiger partial charge in [-0.2, -0.15) is 5.26 Å². The molecule has 1 atom stereocenters. The zero-order valence-corrected chi connectivity index (χ0v) is 11.9. The summed E-state index contributed by atoms with van der Waals surface area (Å²) in [5.41, 5.74) is 2.41. The van der Waals surface area contributed by atoms with Crippen molar-refractivity contribution in [3.8, 4) is 11.8 Å². The first-order chi connectivity index (χ1) is 10.0. The van der Waals surface area contributed by atoms with Gasteiger partial charge in [-0.1, -0.05) is 18.2 Å². The molecule has 2 rings (SSSR count). The molecule has 0 spiro atoms. The maximum absolute atomic E-state index is 13.3. The first kappa shape index (κ1) is 15.0. The lowest BCUT2D eigenvalue weighted by Crippen LogP contribution is -2.02. The highest BCUT2D eigenvalue weighted by atomic mass is 19.1. The highest BCUT2D eigenvalue weighted by Crippen LogP contribution is 2.27. The predicted molar refractivity (Wildman–Crippen MR) is 77.3 cm³/mol. The number of hydrogen-bond donors (Lipinski definition) is 1. The maximum atomic E-state index is 13.3. The first-order valence-electron chi connectivity index (χ1n) is 6.61. The summed E-state index contributed by atoms with van der Waals surface area (Å²) in [4.78, 5) is 0. The van der Waals surface area contributed by atoms with Crippen molar-refractivity contribution < 1.29 is 14.2 Å². The number of halogens is 1. The molecule has 0 aromatic heterocycles. The molecule has 0 saturated heterocycles. The monoisotopic (exact) mass is 285 g/mol. The summed E-state index contributed by atoms with van der Waals surface area (Å²) in [5.74, 6) is 0.0503. The summed E-state index contributed by atoms with van der Waals surface area (Å²) < 4.78 is 19.0. The standard InChI is InChI=1S/C17H16FNO2/c1-11-3-5-15(12(2)20)17(7-11)21-10-13-4-6-16(18)14(8-13)9-19/h3-8,12,20H,10H2,1-2H3/t12-/m0/s1. The minimum absolute atomic E-state index is 0.00362. The van der Waals surface area contributed by atoms with Crippen molar-refractivity contribution in [3.63, 3.8) is 0 Å². The molecule has 0 aliphatic heterocycles. The lowest BCUT2D eigenvalue weighted by atomic mass is 10.1. The van der Waals surface area contributed by atoms with Crippen LogP contribution in [0.5, 0.6) is 5.75 Å². The second-order valence-electron chi connectivity index (χ2n) is 4.93. The molecule has 0 unspecified atom stereocenters. The number of aryl methyl sites for hydroxylation is 1. The zero-order valence-electron chi connectivity index (χ0n) is 11.9. The topological polar surface area (TPSA) is 53.2 Å². The van der Waals surface area contributed by atoms with E-state index in [4.69, 9.17) is 10.00 Å². The van der Waals surface area contributed by atoms with Crippen LogP contribution in [-0.2, 0) is 6.61 Å². The van der Waals surface area contributed by atoms with Gasteiger partial charge in [-0.15, -0.1) is 0 Å². The molecule has 0 radical (unpaired) electrons. The summed E-state index contributed by atoms with van der Waals surface area (Å²) in [6, 6.07) is 11.7. The van der Waals surface area contributed by atoms with E-state index >= 15 is 0 Å². The summed E-state index contributed by atoms with van der Waals surface area (Å²) in [6.45, 7) is 3.81. The first-order valence-corrected chi connectivity index (χ1v) is 6.61. The van der Waals surface area contributed by atoms with E-state index in [0.29, 0.717) is 16.9 Å². The summed E-state index contributed by atoms with van der Waals surface area (Å²) >= 11 is 0.